The average Bonchev–Trinajstić information content (AvgIpc) is 2.54. The Labute approximate surface area is 128 Å². The van der Waals surface area contributed by atoms with Crippen molar-refractivity contribution in [3.8, 4) is 16.9 Å². The molecule has 0 spiro atoms. The molecule has 3 aromatic rings. The third-order valence-electron chi connectivity index (χ3n) is 3.42. The predicted molar refractivity (Wildman–Crippen MR) is 79.5 cm³/mol. The van der Waals surface area contributed by atoms with E-state index >= 15 is 0 Å². The molecule has 6 heteroatoms. The summed E-state index contributed by atoms with van der Waals surface area (Å²) in [7, 11) is 1.38. The SMILES string of the molecule is COc1ccc2c(=O)c(-c3ccccc3)c(C(F)(F)F)oc2c1. The first-order valence-corrected chi connectivity index (χ1v) is 6.69. The Kier molecular flexibility index (Phi) is 3.60. The van der Waals surface area contributed by atoms with Crippen LogP contribution >= 0.6 is 0 Å². The molecule has 0 aliphatic rings. The van der Waals surface area contributed by atoms with Gasteiger partial charge >= 0.3 is 6.18 Å². The molecule has 0 aliphatic carbocycles. The minimum atomic E-state index is -4.79. The van der Waals surface area contributed by atoms with Gasteiger partial charge in [-0.15, -0.1) is 0 Å². The average molecular weight is 320 g/mol. The van der Waals surface area contributed by atoms with E-state index in [0.29, 0.717) is 5.75 Å². The van der Waals surface area contributed by atoms with E-state index in [2.05, 4.69) is 0 Å². The third-order valence-corrected chi connectivity index (χ3v) is 3.42. The highest BCUT2D eigenvalue weighted by Crippen LogP contribution is 2.37. The zero-order chi connectivity index (χ0) is 16.6. The molecule has 23 heavy (non-hydrogen) atoms. The van der Waals surface area contributed by atoms with Gasteiger partial charge < -0.3 is 9.15 Å². The molecule has 118 valence electrons. The predicted octanol–water partition coefficient (Wildman–Crippen LogP) is 4.49. The van der Waals surface area contributed by atoms with Gasteiger partial charge in [0.05, 0.1) is 18.1 Å². The minimum absolute atomic E-state index is 0.0673. The van der Waals surface area contributed by atoms with Crippen LogP contribution in [0.4, 0.5) is 13.2 Å². The smallest absolute Gasteiger partial charge is 0.450 e. The molecule has 0 radical (unpaired) electrons. The molecule has 0 saturated heterocycles. The number of halogens is 3. The van der Waals surface area contributed by atoms with E-state index < -0.39 is 22.9 Å². The van der Waals surface area contributed by atoms with Gasteiger partial charge in [-0.2, -0.15) is 13.2 Å². The van der Waals surface area contributed by atoms with Crippen molar-refractivity contribution < 1.29 is 22.3 Å². The van der Waals surface area contributed by atoms with Crippen molar-refractivity contribution in [1.29, 1.82) is 0 Å². The maximum atomic E-state index is 13.4. The zero-order valence-corrected chi connectivity index (χ0v) is 12.0. The Morgan fingerprint density at radius 1 is 1.04 bits per heavy atom. The van der Waals surface area contributed by atoms with Crippen LogP contribution in [0, 0.1) is 0 Å². The summed E-state index contributed by atoms with van der Waals surface area (Å²) < 4.78 is 50.1. The maximum Gasteiger partial charge on any atom is 0.450 e. The van der Waals surface area contributed by atoms with E-state index in [1.165, 1.54) is 37.4 Å². The van der Waals surface area contributed by atoms with Gasteiger partial charge in [-0.25, -0.2) is 0 Å². The lowest BCUT2D eigenvalue weighted by atomic mass is 10.0. The van der Waals surface area contributed by atoms with Gasteiger partial charge in [0.2, 0.25) is 11.2 Å². The monoisotopic (exact) mass is 320 g/mol. The van der Waals surface area contributed by atoms with E-state index in [9.17, 15) is 18.0 Å². The summed E-state index contributed by atoms with van der Waals surface area (Å²) in [6, 6.07) is 11.8. The van der Waals surface area contributed by atoms with Gasteiger partial charge in [0.1, 0.15) is 11.3 Å². The van der Waals surface area contributed by atoms with Crippen LogP contribution in [-0.2, 0) is 6.18 Å². The number of hydrogen-bond donors (Lipinski definition) is 0. The lowest BCUT2D eigenvalue weighted by Gasteiger charge is -2.13. The maximum absolute atomic E-state index is 13.4. The second-order valence-corrected chi connectivity index (χ2v) is 4.86. The largest absolute Gasteiger partial charge is 0.497 e. The van der Waals surface area contributed by atoms with Crippen molar-refractivity contribution in [3.63, 3.8) is 0 Å². The molecule has 3 rings (SSSR count). The second-order valence-electron chi connectivity index (χ2n) is 4.86. The number of ether oxygens (including phenoxy) is 1. The van der Waals surface area contributed by atoms with Crippen molar-refractivity contribution in [2.45, 2.75) is 6.18 Å². The Hall–Kier alpha value is -2.76. The Morgan fingerprint density at radius 2 is 1.74 bits per heavy atom. The number of hydrogen-bond acceptors (Lipinski definition) is 3. The van der Waals surface area contributed by atoms with E-state index in [-0.39, 0.29) is 16.5 Å². The van der Waals surface area contributed by atoms with Crippen LogP contribution in [0.1, 0.15) is 5.76 Å². The number of fused-ring (bicyclic) bond motifs is 1. The van der Waals surface area contributed by atoms with E-state index in [1.54, 1.807) is 18.2 Å². The lowest BCUT2D eigenvalue weighted by molar-refractivity contribution is -0.152. The molecule has 0 aliphatic heterocycles. The Bertz CT molecular complexity index is 912. The first-order valence-electron chi connectivity index (χ1n) is 6.69. The molecule has 0 N–H and O–H groups in total. The van der Waals surface area contributed by atoms with Gasteiger partial charge in [-0.05, 0) is 17.7 Å². The van der Waals surface area contributed by atoms with Crippen molar-refractivity contribution in [2.24, 2.45) is 0 Å². The highest BCUT2D eigenvalue weighted by molar-refractivity contribution is 5.84. The highest BCUT2D eigenvalue weighted by atomic mass is 19.4. The standard InChI is InChI=1S/C17H11F3O3/c1-22-11-7-8-12-13(9-11)23-16(17(18,19)20)14(15(12)21)10-5-3-2-4-6-10/h2-9H,1H3. The quantitative estimate of drug-likeness (QED) is 0.698. The topological polar surface area (TPSA) is 39.4 Å². The summed E-state index contributed by atoms with van der Waals surface area (Å²) in [6.07, 6.45) is -4.79. The summed E-state index contributed by atoms with van der Waals surface area (Å²) in [5.41, 5.74) is -1.23. The molecular weight excluding hydrogens is 309 g/mol. The second kappa shape index (κ2) is 5.46. The van der Waals surface area contributed by atoms with Crippen LogP contribution in [0.25, 0.3) is 22.1 Å². The molecule has 0 amide bonds. The zero-order valence-electron chi connectivity index (χ0n) is 12.0. The Balaban J connectivity index is 2.42. The van der Waals surface area contributed by atoms with Crippen LogP contribution in [0.5, 0.6) is 5.75 Å². The summed E-state index contributed by atoms with van der Waals surface area (Å²) in [4.78, 5) is 12.6. The van der Waals surface area contributed by atoms with Crippen molar-refractivity contribution in [2.75, 3.05) is 7.11 Å². The van der Waals surface area contributed by atoms with Gasteiger partial charge in [0, 0.05) is 6.07 Å². The molecule has 0 fully saturated rings. The molecule has 0 saturated carbocycles. The van der Waals surface area contributed by atoms with Gasteiger partial charge in [0.15, 0.2) is 0 Å². The summed E-state index contributed by atoms with van der Waals surface area (Å²) in [5.74, 6) is -1.00. The van der Waals surface area contributed by atoms with E-state index in [0.717, 1.165) is 0 Å². The number of rotatable bonds is 2. The highest BCUT2D eigenvalue weighted by Gasteiger charge is 2.39. The number of alkyl halides is 3. The van der Waals surface area contributed by atoms with E-state index in [4.69, 9.17) is 9.15 Å². The lowest BCUT2D eigenvalue weighted by Crippen LogP contribution is -2.16. The molecular formula is C17H11F3O3. The molecule has 0 unspecified atom stereocenters. The normalized spacial score (nSPS) is 11.7. The summed E-state index contributed by atoms with van der Waals surface area (Å²) in [5, 5.41) is 0.0673. The van der Waals surface area contributed by atoms with Crippen LogP contribution < -0.4 is 10.2 Å². The van der Waals surface area contributed by atoms with Crippen LogP contribution in [0.15, 0.2) is 57.7 Å². The van der Waals surface area contributed by atoms with Crippen LogP contribution in [-0.4, -0.2) is 7.11 Å². The fraction of sp³-hybridized carbons (Fsp3) is 0.118. The van der Waals surface area contributed by atoms with Gasteiger partial charge in [0.25, 0.3) is 0 Å². The molecule has 2 aromatic carbocycles. The first kappa shape index (κ1) is 15.1. The number of benzene rings is 2. The first-order chi connectivity index (χ1) is 10.9. The fourth-order valence-electron chi connectivity index (χ4n) is 2.37. The molecule has 0 atom stereocenters. The fourth-order valence-corrected chi connectivity index (χ4v) is 2.37. The number of methoxy groups -OCH3 is 1. The van der Waals surface area contributed by atoms with Gasteiger partial charge in [-0.1, -0.05) is 30.3 Å². The van der Waals surface area contributed by atoms with Crippen molar-refractivity contribution in [3.05, 3.63) is 64.5 Å². The van der Waals surface area contributed by atoms with Crippen LogP contribution in [0.3, 0.4) is 0 Å². The molecule has 0 bridgehead atoms. The minimum Gasteiger partial charge on any atom is -0.497 e. The summed E-state index contributed by atoms with van der Waals surface area (Å²) in [6.45, 7) is 0. The summed E-state index contributed by atoms with van der Waals surface area (Å²) >= 11 is 0. The van der Waals surface area contributed by atoms with Crippen LogP contribution in [0.2, 0.25) is 0 Å². The molecule has 3 nitrogen and oxygen atoms in total. The van der Waals surface area contributed by atoms with Gasteiger partial charge in [-0.3, -0.25) is 4.79 Å². The van der Waals surface area contributed by atoms with E-state index in [1.807, 2.05) is 0 Å². The van der Waals surface area contributed by atoms with Crippen molar-refractivity contribution >= 4 is 11.0 Å². The van der Waals surface area contributed by atoms with Crippen molar-refractivity contribution in [1.82, 2.24) is 0 Å². The molecule has 1 heterocycles. The molecule has 1 aromatic heterocycles. The third kappa shape index (κ3) is 2.67. The Morgan fingerprint density at radius 3 is 2.35 bits per heavy atom.